The van der Waals surface area contributed by atoms with Gasteiger partial charge in [0, 0.05) is 0 Å². The summed E-state index contributed by atoms with van der Waals surface area (Å²) in [5, 5.41) is 9.18. The van der Waals surface area contributed by atoms with Crippen LogP contribution in [0.15, 0.2) is 36.9 Å². The highest BCUT2D eigenvalue weighted by Gasteiger charge is 2.23. The molecule has 2 heteroatoms. The van der Waals surface area contributed by atoms with E-state index in [0.717, 1.165) is 11.1 Å². The smallest absolute Gasteiger partial charge is 0.307 e. The fourth-order valence-corrected chi connectivity index (χ4v) is 1.74. The maximum atomic E-state index is 11.2. The van der Waals surface area contributed by atoms with Crippen LogP contribution in [0.5, 0.6) is 0 Å². The van der Waals surface area contributed by atoms with Gasteiger partial charge in [-0.25, -0.2) is 0 Å². The Hall–Kier alpha value is -1.57. The summed E-state index contributed by atoms with van der Waals surface area (Å²) in [6, 6.07) is 7.90. The molecule has 0 aliphatic carbocycles. The molecule has 0 saturated carbocycles. The summed E-state index contributed by atoms with van der Waals surface area (Å²) in [6.07, 6.45) is 2.27. The van der Waals surface area contributed by atoms with E-state index >= 15 is 0 Å². The molecule has 0 saturated heterocycles. The lowest BCUT2D eigenvalue weighted by molar-refractivity contribution is -0.142. The van der Waals surface area contributed by atoms with Gasteiger partial charge in [0.05, 0.1) is 5.92 Å². The molecule has 1 aromatic carbocycles. The number of aliphatic carboxylic acids is 1. The lowest BCUT2D eigenvalue weighted by Crippen LogP contribution is -2.23. The third-order valence-corrected chi connectivity index (χ3v) is 3.02. The zero-order valence-corrected chi connectivity index (χ0v) is 9.81. The second-order valence-corrected chi connectivity index (χ2v) is 4.17. The Morgan fingerprint density at radius 3 is 2.62 bits per heavy atom. The molecule has 0 aliphatic rings. The monoisotopic (exact) mass is 218 g/mol. The zero-order valence-electron chi connectivity index (χ0n) is 9.81. The van der Waals surface area contributed by atoms with Crippen LogP contribution < -0.4 is 0 Å². The van der Waals surface area contributed by atoms with Crippen LogP contribution in [0.4, 0.5) is 0 Å². The van der Waals surface area contributed by atoms with Crippen molar-refractivity contribution in [1.29, 1.82) is 0 Å². The molecule has 16 heavy (non-hydrogen) atoms. The Balaban J connectivity index is 2.88. The van der Waals surface area contributed by atoms with Crippen molar-refractivity contribution in [3.63, 3.8) is 0 Å². The average molecular weight is 218 g/mol. The molecular formula is C14H18O2. The standard InChI is InChI=1S/C14H18O2/c1-4-10(2)13(14(15)16)9-12-8-6-5-7-11(12)3/h4-8,10,13H,1,9H2,2-3H3,(H,15,16). The molecule has 0 amide bonds. The molecule has 0 aliphatic heterocycles. The predicted octanol–water partition coefficient (Wildman–Crippen LogP) is 3.06. The molecule has 1 N–H and O–H groups in total. The van der Waals surface area contributed by atoms with E-state index in [1.807, 2.05) is 38.1 Å². The lowest BCUT2D eigenvalue weighted by Gasteiger charge is -2.17. The number of allylic oxidation sites excluding steroid dienone is 1. The second-order valence-electron chi connectivity index (χ2n) is 4.17. The summed E-state index contributed by atoms with van der Waals surface area (Å²) in [6.45, 7) is 7.56. The molecule has 0 heterocycles. The summed E-state index contributed by atoms with van der Waals surface area (Å²) < 4.78 is 0. The first-order valence-electron chi connectivity index (χ1n) is 5.46. The van der Waals surface area contributed by atoms with Crippen LogP contribution in [0.3, 0.4) is 0 Å². The Bertz CT molecular complexity index is 382. The Kier molecular flexibility index (Phi) is 4.29. The van der Waals surface area contributed by atoms with Gasteiger partial charge >= 0.3 is 5.97 Å². The summed E-state index contributed by atoms with van der Waals surface area (Å²) in [4.78, 5) is 11.2. The molecule has 0 bridgehead atoms. The maximum absolute atomic E-state index is 11.2. The van der Waals surface area contributed by atoms with Gasteiger partial charge in [0.15, 0.2) is 0 Å². The Labute approximate surface area is 96.6 Å². The van der Waals surface area contributed by atoms with Gasteiger partial charge in [-0.2, -0.15) is 0 Å². The summed E-state index contributed by atoms with van der Waals surface area (Å²) in [5.74, 6) is -1.16. The van der Waals surface area contributed by atoms with Crippen molar-refractivity contribution < 1.29 is 9.90 Å². The van der Waals surface area contributed by atoms with Crippen molar-refractivity contribution in [2.75, 3.05) is 0 Å². The van der Waals surface area contributed by atoms with E-state index in [9.17, 15) is 9.90 Å². The van der Waals surface area contributed by atoms with E-state index in [4.69, 9.17) is 0 Å². The van der Waals surface area contributed by atoms with Crippen molar-refractivity contribution >= 4 is 5.97 Å². The van der Waals surface area contributed by atoms with Crippen molar-refractivity contribution in [2.45, 2.75) is 20.3 Å². The minimum atomic E-state index is -0.754. The summed E-state index contributed by atoms with van der Waals surface area (Å²) in [5.41, 5.74) is 2.24. The number of benzene rings is 1. The number of hydrogen-bond donors (Lipinski definition) is 1. The minimum absolute atomic E-state index is 0.0166. The molecule has 0 radical (unpaired) electrons. The number of aryl methyl sites for hydroxylation is 1. The van der Waals surface area contributed by atoms with Crippen LogP contribution in [-0.4, -0.2) is 11.1 Å². The quantitative estimate of drug-likeness (QED) is 0.771. The number of carboxylic acid groups (broad SMARTS) is 1. The summed E-state index contributed by atoms with van der Waals surface area (Å²) in [7, 11) is 0. The van der Waals surface area contributed by atoms with Crippen molar-refractivity contribution in [3.05, 3.63) is 48.0 Å². The van der Waals surface area contributed by atoms with Gasteiger partial charge in [-0.15, -0.1) is 6.58 Å². The van der Waals surface area contributed by atoms with Gasteiger partial charge in [-0.3, -0.25) is 4.79 Å². The SMILES string of the molecule is C=CC(C)C(Cc1ccccc1C)C(=O)O. The summed E-state index contributed by atoms with van der Waals surface area (Å²) >= 11 is 0. The van der Waals surface area contributed by atoms with Gasteiger partial charge in [-0.05, 0) is 30.4 Å². The number of carbonyl (C=O) groups is 1. The van der Waals surface area contributed by atoms with Gasteiger partial charge in [0.1, 0.15) is 0 Å². The lowest BCUT2D eigenvalue weighted by atomic mass is 9.87. The van der Waals surface area contributed by atoms with Gasteiger partial charge in [0.2, 0.25) is 0 Å². The zero-order chi connectivity index (χ0) is 12.1. The fraction of sp³-hybridized carbons (Fsp3) is 0.357. The molecule has 86 valence electrons. The number of hydrogen-bond acceptors (Lipinski definition) is 1. The Morgan fingerprint density at radius 1 is 1.50 bits per heavy atom. The topological polar surface area (TPSA) is 37.3 Å². The predicted molar refractivity (Wildman–Crippen MR) is 65.4 cm³/mol. The number of rotatable bonds is 5. The molecule has 1 aromatic rings. The normalized spacial score (nSPS) is 14.1. The first-order valence-corrected chi connectivity index (χ1v) is 5.46. The second kappa shape index (κ2) is 5.50. The van der Waals surface area contributed by atoms with E-state index < -0.39 is 11.9 Å². The molecule has 2 unspecified atom stereocenters. The van der Waals surface area contributed by atoms with E-state index in [2.05, 4.69) is 6.58 Å². The minimum Gasteiger partial charge on any atom is -0.481 e. The fourth-order valence-electron chi connectivity index (χ4n) is 1.74. The highest BCUT2D eigenvalue weighted by atomic mass is 16.4. The van der Waals surface area contributed by atoms with Crippen LogP contribution in [0, 0.1) is 18.8 Å². The first-order chi connectivity index (χ1) is 7.56. The maximum Gasteiger partial charge on any atom is 0.307 e. The van der Waals surface area contributed by atoms with E-state index in [1.165, 1.54) is 0 Å². The van der Waals surface area contributed by atoms with Crippen molar-refractivity contribution in [3.8, 4) is 0 Å². The molecular weight excluding hydrogens is 200 g/mol. The molecule has 0 spiro atoms. The number of carboxylic acids is 1. The third-order valence-electron chi connectivity index (χ3n) is 3.02. The Morgan fingerprint density at radius 2 is 2.12 bits per heavy atom. The van der Waals surface area contributed by atoms with E-state index in [1.54, 1.807) is 6.08 Å². The molecule has 2 atom stereocenters. The van der Waals surface area contributed by atoms with Gasteiger partial charge in [-0.1, -0.05) is 37.3 Å². The van der Waals surface area contributed by atoms with E-state index in [-0.39, 0.29) is 5.92 Å². The van der Waals surface area contributed by atoms with Crippen LogP contribution in [0.25, 0.3) is 0 Å². The van der Waals surface area contributed by atoms with Gasteiger partial charge in [0.25, 0.3) is 0 Å². The largest absolute Gasteiger partial charge is 0.481 e. The molecule has 0 fully saturated rings. The van der Waals surface area contributed by atoms with Crippen LogP contribution in [0.1, 0.15) is 18.1 Å². The van der Waals surface area contributed by atoms with Crippen molar-refractivity contribution in [2.24, 2.45) is 11.8 Å². The van der Waals surface area contributed by atoms with Gasteiger partial charge < -0.3 is 5.11 Å². The highest BCUT2D eigenvalue weighted by molar-refractivity contribution is 5.71. The van der Waals surface area contributed by atoms with Crippen molar-refractivity contribution in [1.82, 2.24) is 0 Å². The molecule has 0 aromatic heterocycles. The third kappa shape index (κ3) is 2.96. The molecule has 2 nitrogen and oxygen atoms in total. The van der Waals surface area contributed by atoms with Crippen LogP contribution in [0.2, 0.25) is 0 Å². The van der Waals surface area contributed by atoms with Crippen LogP contribution in [-0.2, 0) is 11.2 Å². The highest BCUT2D eigenvalue weighted by Crippen LogP contribution is 2.20. The first kappa shape index (κ1) is 12.5. The van der Waals surface area contributed by atoms with Crippen LogP contribution >= 0.6 is 0 Å². The average Bonchev–Trinajstić information content (AvgIpc) is 2.26. The van der Waals surface area contributed by atoms with E-state index in [0.29, 0.717) is 6.42 Å². The molecule has 1 rings (SSSR count).